The fraction of sp³-hybridized carbons (Fsp3) is 0.227. The number of nitrogens with zero attached hydrogens (tertiary/aromatic N) is 3. The van der Waals surface area contributed by atoms with Gasteiger partial charge in [0.2, 0.25) is 5.96 Å². The molecule has 0 fully saturated rings. The number of pyridine rings is 1. The molecule has 0 spiro atoms. The number of nitrogens with one attached hydrogen (secondary N) is 2. The molecule has 28 heavy (non-hydrogen) atoms. The minimum atomic E-state index is -0.246. The van der Waals surface area contributed by atoms with Crippen molar-refractivity contribution in [2.45, 2.75) is 33.2 Å². The average molecular weight is 390 g/mol. The zero-order chi connectivity index (χ0) is 19.7. The topological polar surface area (TPSA) is 62.2 Å². The lowest BCUT2D eigenvalue weighted by Crippen LogP contribution is -2.27. The predicted molar refractivity (Wildman–Crippen MR) is 121 cm³/mol. The summed E-state index contributed by atoms with van der Waals surface area (Å²) in [6.07, 6.45) is 0. The molecular formula is C22H23N5S. The van der Waals surface area contributed by atoms with E-state index in [0.29, 0.717) is 5.96 Å². The van der Waals surface area contributed by atoms with E-state index in [1.807, 2.05) is 49.4 Å². The second kappa shape index (κ2) is 7.20. The zero-order valence-corrected chi connectivity index (χ0v) is 17.3. The molecule has 0 atom stereocenters. The molecule has 0 saturated heterocycles. The molecule has 4 aromatic rings. The van der Waals surface area contributed by atoms with Crippen molar-refractivity contribution in [2.24, 2.45) is 4.99 Å². The molecule has 0 saturated carbocycles. The van der Waals surface area contributed by atoms with Gasteiger partial charge in [0.05, 0.1) is 27.0 Å². The van der Waals surface area contributed by atoms with Crippen molar-refractivity contribution in [3.63, 3.8) is 0 Å². The lowest BCUT2D eigenvalue weighted by Gasteiger charge is -2.18. The third-order valence-electron chi connectivity index (χ3n) is 4.06. The van der Waals surface area contributed by atoms with Crippen molar-refractivity contribution in [2.75, 3.05) is 10.6 Å². The number of benzene rings is 2. The first kappa shape index (κ1) is 18.4. The molecule has 0 unspecified atom stereocenters. The van der Waals surface area contributed by atoms with Crippen LogP contribution in [0.3, 0.4) is 0 Å². The first-order valence-corrected chi connectivity index (χ1v) is 10.0. The summed E-state index contributed by atoms with van der Waals surface area (Å²) in [6, 6.07) is 18.3. The number of hydrogen-bond donors (Lipinski definition) is 2. The van der Waals surface area contributed by atoms with E-state index >= 15 is 0 Å². The van der Waals surface area contributed by atoms with E-state index in [-0.39, 0.29) is 5.54 Å². The fourth-order valence-corrected chi connectivity index (χ4v) is 3.85. The van der Waals surface area contributed by atoms with E-state index in [2.05, 4.69) is 53.5 Å². The Balaban J connectivity index is 1.72. The summed E-state index contributed by atoms with van der Waals surface area (Å²) >= 11 is 1.61. The third kappa shape index (κ3) is 4.12. The Morgan fingerprint density at radius 2 is 1.64 bits per heavy atom. The Bertz CT molecular complexity index is 1140. The summed E-state index contributed by atoms with van der Waals surface area (Å²) in [4.78, 5) is 14.1. The maximum atomic E-state index is 4.85. The molecule has 2 N–H and O–H groups in total. The van der Waals surface area contributed by atoms with Crippen molar-refractivity contribution >= 4 is 49.2 Å². The van der Waals surface area contributed by atoms with E-state index in [1.165, 1.54) is 0 Å². The number of fused-ring (bicyclic) bond motifs is 2. The van der Waals surface area contributed by atoms with E-state index in [4.69, 9.17) is 4.99 Å². The molecule has 0 aliphatic carbocycles. The quantitative estimate of drug-likeness (QED) is 0.334. The van der Waals surface area contributed by atoms with Crippen LogP contribution in [-0.4, -0.2) is 21.5 Å². The number of thiazole rings is 1. The van der Waals surface area contributed by atoms with Gasteiger partial charge in [-0.15, -0.1) is 0 Å². The molecular weight excluding hydrogens is 366 g/mol. The standard InChI is InChI=1S/C22H23N5S/c1-14-13-18(15-9-5-6-10-16(15)23-14)24-20(27-22(2,3)4)26-21-25-17-11-7-8-12-19(17)28-21/h5-13H,1-4H3,(H2,23,24,25,26,27). The molecule has 0 radical (unpaired) electrons. The van der Waals surface area contributed by atoms with Gasteiger partial charge in [-0.05, 0) is 52.0 Å². The van der Waals surface area contributed by atoms with Gasteiger partial charge in [0.25, 0.3) is 0 Å². The van der Waals surface area contributed by atoms with Gasteiger partial charge in [-0.1, -0.05) is 41.7 Å². The number of aryl methyl sites for hydroxylation is 1. The van der Waals surface area contributed by atoms with Crippen LogP contribution in [0.1, 0.15) is 26.5 Å². The Morgan fingerprint density at radius 1 is 0.929 bits per heavy atom. The van der Waals surface area contributed by atoms with Crippen LogP contribution in [0.25, 0.3) is 21.1 Å². The van der Waals surface area contributed by atoms with Gasteiger partial charge in [0, 0.05) is 11.1 Å². The first-order valence-electron chi connectivity index (χ1n) is 9.23. The molecule has 2 aromatic heterocycles. The van der Waals surface area contributed by atoms with Gasteiger partial charge in [-0.3, -0.25) is 4.98 Å². The maximum absolute atomic E-state index is 4.85. The molecule has 0 amide bonds. The van der Waals surface area contributed by atoms with Crippen LogP contribution in [-0.2, 0) is 0 Å². The van der Waals surface area contributed by atoms with Gasteiger partial charge in [0.1, 0.15) is 0 Å². The highest BCUT2D eigenvalue weighted by molar-refractivity contribution is 7.22. The summed E-state index contributed by atoms with van der Waals surface area (Å²) in [5.41, 5.74) is 3.62. The molecule has 5 nitrogen and oxygen atoms in total. The SMILES string of the molecule is Cc1cc(NC(=NC(C)(C)C)Nc2nc3ccccc3s2)c2ccccc2n1. The monoisotopic (exact) mass is 389 g/mol. The smallest absolute Gasteiger partial charge is 0.202 e. The third-order valence-corrected chi connectivity index (χ3v) is 5.02. The van der Waals surface area contributed by atoms with E-state index < -0.39 is 0 Å². The Morgan fingerprint density at radius 3 is 2.39 bits per heavy atom. The van der Waals surface area contributed by atoms with Gasteiger partial charge in [-0.25, -0.2) is 9.98 Å². The molecule has 142 valence electrons. The van der Waals surface area contributed by atoms with E-state index in [1.54, 1.807) is 11.3 Å². The summed E-state index contributed by atoms with van der Waals surface area (Å²) < 4.78 is 1.14. The van der Waals surface area contributed by atoms with Gasteiger partial charge in [0.15, 0.2) is 5.13 Å². The van der Waals surface area contributed by atoms with Crippen LogP contribution in [0, 0.1) is 6.92 Å². The highest BCUT2D eigenvalue weighted by Crippen LogP contribution is 2.27. The van der Waals surface area contributed by atoms with Crippen molar-refractivity contribution in [3.8, 4) is 0 Å². The number of rotatable bonds is 2. The Labute approximate surface area is 168 Å². The minimum absolute atomic E-state index is 0.246. The normalized spacial score (nSPS) is 12.5. The van der Waals surface area contributed by atoms with Crippen molar-refractivity contribution < 1.29 is 0 Å². The summed E-state index contributed by atoms with van der Waals surface area (Å²) in [7, 11) is 0. The van der Waals surface area contributed by atoms with E-state index in [0.717, 1.165) is 37.6 Å². The van der Waals surface area contributed by atoms with Crippen LogP contribution in [0.4, 0.5) is 10.8 Å². The molecule has 6 heteroatoms. The highest BCUT2D eigenvalue weighted by Gasteiger charge is 2.14. The maximum Gasteiger partial charge on any atom is 0.202 e. The Hall–Kier alpha value is -2.99. The van der Waals surface area contributed by atoms with Crippen LogP contribution in [0.2, 0.25) is 0 Å². The molecule has 0 bridgehead atoms. The lowest BCUT2D eigenvalue weighted by atomic mass is 10.1. The van der Waals surface area contributed by atoms with Crippen LogP contribution in [0.15, 0.2) is 59.6 Å². The minimum Gasteiger partial charge on any atom is -0.325 e. The molecule has 2 heterocycles. The summed E-state index contributed by atoms with van der Waals surface area (Å²) in [5.74, 6) is 0.669. The first-order chi connectivity index (χ1) is 13.4. The largest absolute Gasteiger partial charge is 0.325 e. The van der Waals surface area contributed by atoms with Crippen LogP contribution >= 0.6 is 11.3 Å². The molecule has 0 aliphatic rings. The van der Waals surface area contributed by atoms with Crippen molar-refractivity contribution in [3.05, 3.63) is 60.3 Å². The summed E-state index contributed by atoms with van der Waals surface area (Å²) in [5, 5.41) is 8.73. The number of anilines is 2. The van der Waals surface area contributed by atoms with Gasteiger partial charge < -0.3 is 10.6 Å². The van der Waals surface area contributed by atoms with Crippen LogP contribution in [0.5, 0.6) is 0 Å². The second-order valence-corrected chi connectivity index (χ2v) is 8.73. The van der Waals surface area contributed by atoms with Crippen LogP contribution < -0.4 is 10.6 Å². The number of para-hydroxylation sites is 2. The van der Waals surface area contributed by atoms with Crippen molar-refractivity contribution in [1.29, 1.82) is 0 Å². The lowest BCUT2D eigenvalue weighted by molar-refractivity contribution is 0.583. The number of guanidine groups is 1. The Kier molecular flexibility index (Phi) is 4.73. The highest BCUT2D eigenvalue weighted by atomic mass is 32.1. The number of hydrogen-bond acceptors (Lipinski definition) is 4. The predicted octanol–water partition coefficient (Wildman–Crippen LogP) is 5.83. The van der Waals surface area contributed by atoms with E-state index in [9.17, 15) is 0 Å². The molecule has 2 aromatic carbocycles. The fourth-order valence-electron chi connectivity index (χ4n) is 2.99. The zero-order valence-electron chi connectivity index (χ0n) is 16.4. The summed E-state index contributed by atoms with van der Waals surface area (Å²) in [6.45, 7) is 8.22. The number of aliphatic imine (C=N–C) groups is 1. The van der Waals surface area contributed by atoms with Gasteiger partial charge >= 0.3 is 0 Å². The van der Waals surface area contributed by atoms with Gasteiger partial charge in [-0.2, -0.15) is 0 Å². The molecule has 0 aliphatic heterocycles. The number of aromatic nitrogens is 2. The second-order valence-electron chi connectivity index (χ2n) is 7.70. The molecule has 4 rings (SSSR count). The average Bonchev–Trinajstić information content (AvgIpc) is 3.02. The van der Waals surface area contributed by atoms with Crippen molar-refractivity contribution in [1.82, 2.24) is 9.97 Å².